The Bertz CT molecular complexity index is 270. The molecule has 14 heavy (non-hydrogen) atoms. The second-order valence-corrected chi connectivity index (χ2v) is 3.22. The first-order valence-corrected chi connectivity index (χ1v) is 4.75. The van der Waals surface area contributed by atoms with E-state index in [1.54, 1.807) is 12.4 Å². The van der Waals surface area contributed by atoms with E-state index in [9.17, 15) is 4.79 Å². The highest BCUT2D eigenvalue weighted by Gasteiger charge is 2.11. The van der Waals surface area contributed by atoms with Crippen LogP contribution >= 0.6 is 0 Å². The molecule has 1 heterocycles. The lowest BCUT2D eigenvalue weighted by Gasteiger charge is -2.09. The minimum Gasteiger partial charge on any atom is -0.351 e. The molecule has 0 aromatic carbocycles. The quantitative estimate of drug-likeness (QED) is 0.627. The fourth-order valence-corrected chi connectivity index (χ4v) is 1.14. The SMILES string of the molecule is CCC[C@@H](N)C(=O)NCc1cn[nH]c1. The van der Waals surface area contributed by atoms with Crippen LogP contribution in [0.1, 0.15) is 25.3 Å². The molecule has 1 rings (SSSR count). The zero-order chi connectivity index (χ0) is 10.4. The number of nitrogens with one attached hydrogen (secondary N) is 2. The molecule has 1 aromatic heterocycles. The molecule has 0 fully saturated rings. The number of hydrogen-bond acceptors (Lipinski definition) is 3. The monoisotopic (exact) mass is 196 g/mol. The maximum Gasteiger partial charge on any atom is 0.237 e. The van der Waals surface area contributed by atoms with Gasteiger partial charge in [-0.3, -0.25) is 9.89 Å². The average molecular weight is 196 g/mol. The average Bonchev–Trinajstić information content (AvgIpc) is 2.67. The van der Waals surface area contributed by atoms with Crippen molar-refractivity contribution in [1.29, 1.82) is 0 Å². The van der Waals surface area contributed by atoms with Gasteiger partial charge < -0.3 is 11.1 Å². The van der Waals surface area contributed by atoms with Crippen LogP contribution in [0.4, 0.5) is 0 Å². The first-order chi connectivity index (χ1) is 6.74. The summed E-state index contributed by atoms with van der Waals surface area (Å²) in [6.07, 6.45) is 5.05. The smallest absolute Gasteiger partial charge is 0.237 e. The van der Waals surface area contributed by atoms with Crippen molar-refractivity contribution in [3.05, 3.63) is 18.0 Å². The van der Waals surface area contributed by atoms with E-state index in [0.29, 0.717) is 6.54 Å². The Hall–Kier alpha value is -1.36. The van der Waals surface area contributed by atoms with Crippen LogP contribution in [-0.2, 0) is 11.3 Å². The molecule has 0 radical (unpaired) electrons. The molecule has 5 heteroatoms. The molecule has 1 atom stereocenters. The van der Waals surface area contributed by atoms with Crippen LogP contribution in [0.15, 0.2) is 12.4 Å². The summed E-state index contributed by atoms with van der Waals surface area (Å²) >= 11 is 0. The summed E-state index contributed by atoms with van der Waals surface area (Å²) < 4.78 is 0. The molecule has 1 amide bonds. The minimum atomic E-state index is -0.396. The molecular formula is C9H16N4O. The zero-order valence-electron chi connectivity index (χ0n) is 8.29. The predicted octanol–water partition coefficient (Wildman–Crippen LogP) is 0.153. The minimum absolute atomic E-state index is 0.104. The van der Waals surface area contributed by atoms with Gasteiger partial charge in [-0.2, -0.15) is 5.10 Å². The van der Waals surface area contributed by atoms with E-state index >= 15 is 0 Å². The van der Waals surface area contributed by atoms with E-state index in [1.165, 1.54) is 0 Å². The van der Waals surface area contributed by atoms with Gasteiger partial charge in [0.1, 0.15) is 0 Å². The van der Waals surface area contributed by atoms with Crippen molar-refractivity contribution in [2.24, 2.45) is 5.73 Å². The van der Waals surface area contributed by atoms with Crippen molar-refractivity contribution in [2.75, 3.05) is 0 Å². The molecule has 78 valence electrons. The third kappa shape index (κ3) is 3.18. The molecule has 0 aliphatic rings. The second kappa shape index (κ2) is 5.39. The number of aromatic amines is 1. The van der Waals surface area contributed by atoms with Gasteiger partial charge >= 0.3 is 0 Å². The van der Waals surface area contributed by atoms with Crippen LogP contribution in [0.25, 0.3) is 0 Å². The Morgan fingerprint density at radius 1 is 1.79 bits per heavy atom. The van der Waals surface area contributed by atoms with Gasteiger partial charge in [0.15, 0.2) is 0 Å². The van der Waals surface area contributed by atoms with Crippen LogP contribution in [0.5, 0.6) is 0 Å². The van der Waals surface area contributed by atoms with Gasteiger partial charge in [-0.25, -0.2) is 0 Å². The van der Waals surface area contributed by atoms with Crippen LogP contribution in [0, 0.1) is 0 Å². The van der Waals surface area contributed by atoms with E-state index in [2.05, 4.69) is 15.5 Å². The summed E-state index contributed by atoms with van der Waals surface area (Å²) in [7, 11) is 0. The number of H-pyrrole nitrogens is 1. The number of amides is 1. The summed E-state index contributed by atoms with van der Waals surface area (Å²) in [6.45, 7) is 2.48. The van der Waals surface area contributed by atoms with Gasteiger partial charge in [-0.05, 0) is 6.42 Å². The summed E-state index contributed by atoms with van der Waals surface area (Å²) in [5, 5.41) is 9.19. The molecule has 5 nitrogen and oxygen atoms in total. The third-order valence-electron chi connectivity index (χ3n) is 1.96. The van der Waals surface area contributed by atoms with Crippen LogP contribution < -0.4 is 11.1 Å². The molecule has 1 aromatic rings. The Labute approximate surface area is 83.1 Å². The molecule has 0 unspecified atom stereocenters. The highest BCUT2D eigenvalue weighted by Crippen LogP contribution is 1.95. The lowest BCUT2D eigenvalue weighted by atomic mass is 10.1. The normalized spacial score (nSPS) is 12.4. The summed E-state index contributed by atoms with van der Waals surface area (Å²) in [4.78, 5) is 11.4. The van der Waals surface area contributed by atoms with E-state index in [1.807, 2.05) is 6.92 Å². The van der Waals surface area contributed by atoms with E-state index in [0.717, 1.165) is 18.4 Å². The first-order valence-electron chi connectivity index (χ1n) is 4.75. The number of carbonyl (C=O) groups excluding carboxylic acids is 1. The highest BCUT2D eigenvalue weighted by molar-refractivity contribution is 5.81. The molecule has 0 aliphatic carbocycles. The van der Waals surface area contributed by atoms with Crippen molar-refractivity contribution in [2.45, 2.75) is 32.4 Å². The Balaban J connectivity index is 2.27. The number of carbonyl (C=O) groups is 1. The van der Waals surface area contributed by atoms with Gasteiger partial charge in [0.2, 0.25) is 5.91 Å². The van der Waals surface area contributed by atoms with Crippen molar-refractivity contribution < 1.29 is 4.79 Å². The van der Waals surface area contributed by atoms with Gasteiger partial charge in [-0.1, -0.05) is 13.3 Å². The topological polar surface area (TPSA) is 83.8 Å². The molecule has 0 saturated heterocycles. The Kier molecular flexibility index (Phi) is 4.12. The third-order valence-corrected chi connectivity index (χ3v) is 1.96. The molecule has 0 saturated carbocycles. The fourth-order valence-electron chi connectivity index (χ4n) is 1.14. The van der Waals surface area contributed by atoms with Gasteiger partial charge in [0.25, 0.3) is 0 Å². The number of aromatic nitrogens is 2. The van der Waals surface area contributed by atoms with Crippen molar-refractivity contribution >= 4 is 5.91 Å². The maximum atomic E-state index is 11.4. The van der Waals surface area contributed by atoms with Gasteiger partial charge in [-0.15, -0.1) is 0 Å². The number of hydrogen-bond donors (Lipinski definition) is 3. The van der Waals surface area contributed by atoms with E-state index < -0.39 is 6.04 Å². The fraction of sp³-hybridized carbons (Fsp3) is 0.556. The Morgan fingerprint density at radius 2 is 2.57 bits per heavy atom. The molecular weight excluding hydrogens is 180 g/mol. The first kappa shape index (κ1) is 10.7. The largest absolute Gasteiger partial charge is 0.351 e. The summed E-state index contributed by atoms with van der Waals surface area (Å²) in [5.41, 5.74) is 6.58. The lowest BCUT2D eigenvalue weighted by molar-refractivity contribution is -0.122. The zero-order valence-corrected chi connectivity index (χ0v) is 8.29. The van der Waals surface area contributed by atoms with Gasteiger partial charge in [0, 0.05) is 18.3 Å². The maximum absolute atomic E-state index is 11.4. The predicted molar refractivity (Wildman–Crippen MR) is 53.3 cm³/mol. The van der Waals surface area contributed by atoms with Crippen molar-refractivity contribution in [1.82, 2.24) is 15.5 Å². The standard InChI is InChI=1S/C9H16N4O/c1-2-3-8(10)9(14)11-4-7-5-12-13-6-7/h5-6,8H,2-4,10H2,1H3,(H,11,14)(H,12,13)/t8-/m1/s1. The number of nitrogens with two attached hydrogens (primary N) is 1. The summed E-state index contributed by atoms with van der Waals surface area (Å²) in [5.74, 6) is -0.104. The van der Waals surface area contributed by atoms with Gasteiger partial charge in [0.05, 0.1) is 12.2 Å². The van der Waals surface area contributed by atoms with E-state index in [4.69, 9.17) is 5.73 Å². The van der Waals surface area contributed by atoms with Crippen LogP contribution in [0.3, 0.4) is 0 Å². The lowest BCUT2D eigenvalue weighted by Crippen LogP contribution is -2.39. The number of rotatable bonds is 5. The second-order valence-electron chi connectivity index (χ2n) is 3.22. The number of nitrogens with zero attached hydrogens (tertiary/aromatic N) is 1. The molecule has 4 N–H and O–H groups in total. The Morgan fingerprint density at radius 3 is 3.14 bits per heavy atom. The van der Waals surface area contributed by atoms with E-state index in [-0.39, 0.29) is 5.91 Å². The van der Waals surface area contributed by atoms with Crippen molar-refractivity contribution in [3.63, 3.8) is 0 Å². The summed E-state index contributed by atoms with van der Waals surface area (Å²) in [6, 6.07) is -0.396. The molecule has 0 spiro atoms. The molecule has 0 bridgehead atoms. The van der Waals surface area contributed by atoms with Crippen molar-refractivity contribution in [3.8, 4) is 0 Å². The van der Waals surface area contributed by atoms with Crippen LogP contribution in [-0.4, -0.2) is 22.1 Å². The van der Waals surface area contributed by atoms with Crippen LogP contribution in [0.2, 0.25) is 0 Å². The highest BCUT2D eigenvalue weighted by atomic mass is 16.2. The molecule has 0 aliphatic heterocycles.